The molecule has 0 radical (unpaired) electrons. The maximum atomic E-state index is 11.9. The summed E-state index contributed by atoms with van der Waals surface area (Å²) in [5, 5.41) is 3.21. The standard InChI is InChI=1S/C14H17N3O2/c1-3-19-14(18)13-12(7-9-17(13)2)16-10-11-6-4-5-8-15-11/h4-9,16H,3,10H2,1-2H3. The summed E-state index contributed by atoms with van der Waals surface area (Å²) in [6.45, 7) is 2.72. The van der Waals surface area contributed by atoms with Crippen molar-refractivity contribution in [1.82, 2.24) is 9.55 Å². The van der Waals surface area contributed by atoms with Gasteiger partial charge in [-0.15, -0.1) is 0 Å². The number of nitrogens with zero attached hydrogens (tertiary/aromatic N) is 2. The van der Waals surface area contributed by atoms with Crippen LogP contribution in [-0.2, 0) is 18.3 Å². The van der Waals surface area contributed by atoms with Gasteiger partial charge in [0.2, 0.25) is 0 Å². The summed E-state index contributed by atoms with van der Waals surface area (Å²) in [6, 6.07) is 7.59. The van der Waals surface area contributed by atoms with Crippen molar-refractivity contribution in [2.24, 2.45) is 7.05 Å². The lowest BCUT2D eigenvalue weighted by Gasteiger charge is -2.09. The first-order valence-corrected chi connectivity index (χ1v) is 6.18. The van der Waals surface area contributed by atoms with E-state index in [2.05, 4.69) is 10.3 Å². The number of esters is 1. The van der Waals surface area contributed by atoms with E-state index in [0.717, 1.165) is 11.4 Å². The van der Waals surface area contributed by atoms with Crippen LogP contribution in [0.5, 0.6) is 0 Å². The fourth-order valence-corrected chi connectivity index (χ4v) is 1.81. The third-order valence-electron chi connectivity index (χ3n) is 2.73. The van der Waals surface area contributed by atoms with Crippen LogP contribution in [0.4, 0.5) is 5.69 Å². The molecule has 2 aromatic rings. The van der Waals surface area contributed by atoms with E-state index in [-0.39, 0.29) is 5.97 Å². The van der Waals surface area contributed by atoms with Crippen molar-refractivity contribution in [3.8, 4) is 0 Å². The van der Waals surface area contributed by atoms with Crippen molar-refractivity contribution >= 4 is 11.7 Å². The fourth-order valence-electron chi connectivity index (χ4n) is 1.81. The topological polar surface area (TPSA) is 56.1 Å². The molecule has 0 aliphatic rings. The number of nitrogens with one attached hydrogen (secondary N) is 1. The predicted octanol–water partition coefficient (Wildman–Crippen LogP) is 2.21. The molecule has 5 heteroatoms. The van der Waals surface area contributed by atoms with Gasteiger partial charge >= 0.3 is 5.97 Å². The van der Waals surface area contributed by atoms with Gasteiger partial charge in [-0.3, -0.25) is 4.98 Å². The van der Waals surface area contributed by atoms with E-state index >= 15 is 0 Å². The number of hydrogen-bond acceptors (Lipinski definition) is 4. The van der Waals surface area contributed by atoms with Crippen LogP contribution in [0.2, 0.25) is 0 Å². The van der Waals surface area contributed by atoms with Crippen molar-refractivity contribution in [2.45, 2.75) is 13.5 Å². The minimum atomic E-state index is -0.321. The maximum Gasteiger partial charge on any atom is 0.357 e. The molecule has 19 heavy (non-hydrogen) atoms. The number of hydrogen-bond donors (Lipinski definition) is 1. The summed E-state index contributed by atoms with van der Waals surface area (Å²) >= 11 is 0. The van der Waals surface area contributed by atoms with E-state index in [1.54, 1.807) is 17.7 Å². The van der Waals surface area contributed by atoms with Crippen molar-refractivity contribution < 1.29 is 9.53 Å². The van der Waals surface area contributed by atoms with Crippen LogP contribution in [0, 0.1) is 0 Å². The normalized spacial score (nSPS) is 10.2. The van der Waals surface area contributed by atoms with Crippen LogP contribution < -0.4 is 5.32 Å². The molecular weight excluding hydrogens is 242 g/mol. The minimum absolute atomic E-state index is 0.321. The van der Waals surface area contributed by atoms with Gasteiger partial charge < -0.3 is 14.6 Å². The Bertz CT molecular complexity index is 549. The molecule has 0 aliphatic carbocycles. The highest BCUT2D eigenvalue weighted by atomic mass is 16.5. The Balaban J connectivity index is 2.11. The highest BCUT2D eigenvalue weighted by Gasteiger charge is 2.16. The molecule has 0 atom stereocenters. The number of carbonyl (C=O) groups is 1. The van der Waals surface area contributed by atoms with Gasteiger partial charge in [-0.05, 0) is 25.1 Å². The Kier molecular flexibility index (Phi) is 4.18. The first kappa shape index (κ1) is 13.1. The highest BCUT2D eigenvalue weighted by Crippen LogP contribution is 2.18. The molecular formula is C14H17N3O2. The zero-order valence-corrected chi connectivity index (χ0v) is 11.1. The molecule has 0 spiro atoms. The third-order valence-corrected chi connectivity index (χ3v) is 2.73. The average Bonchev–Trinajstić information content (AvgIpc) is 2.79. The smallest absolute Gasteiger partial charge is 0.357 e. The summed E-state index contributed by atoms with van der Waals surface area (Å²) in [7, 11) is 1.82. The number of anilines is 1. The van der Waals surface area contributed by atoms with Crippen LogP contribution in [0.3, 0.4) is 0 Å². The van der Waals surface area contributed by atoms with Crippen molar-refractivity contribution in [2.75, 3.05) is 11.9 Å². The van der Waals surface area contributed by atoms with E-state index in [9.17, 15) is 4.79 Å². The van der Waals surface area contributed by atoms with Crippen molar-refractivity contribution in [3.05, 3.63) is 48.0 Å². The maximum absolute atomic E-state index is 11.9. The minimum Gasteiger partial charge on any atom is -0.461 e. The Morgan fingerprint density at radius 1 is 1.42 bits per heavy atom. The monoisotopic (exact) mass is 259 g/mol. The molecule has 0 bridgehead atoms. The molecule has 1 N–H and O–H groups in total. The van der Waals surface area contributed by atoms with E-state index in [0.29, 0.717) is 18.8 Å². The van der Waals surface area contributed by atoms with Crippen molar-refractivity contribution in [1.29, 1.82) is 0 Å². The second-order valence-electron chi connectivity index (χ2n) is 4.08. The molecule has 0 saturated heterocycles. The number of aryl methyl sites for hydroxylation is 1. The lowest BCUT2D eigenvalue weighted by molar-refractivity contribution is 0.0516. The summed E-state index contributed by atoms with van der Waals surface area (Å²) in [5.74, 6) is -0.321. The van der Waals surface area contributed by atoms with Gasteiger partial charge in [0.1, 0.15) is 0 Å². The van der Waals surface area contributed by atoms with Gasteiger partial charge in [-0.1, -0.05) is 6.07 Å². The van der Waals surface area contributed by atoms with Gasteiger partial charge in [0.05, 0.1) is 24.5 Å². The largest absolute Gasteiger partial charge is 0.461 e. The Morgan fingerprint density at radius 2 is 2.26 bits per heavy atom. The first-order valence-electron chi connectivity index (χ1n) is 6.18. The average molecular weight is 259 g/mol. The Hall–Kier alpha value is -2.30. The van der Waals surface area contributed by atoms with Gasteiger partial charge in [-0.25, -0.2) is 4.79 Å². The quantitative estimate of drug-likeness (QED) is 0.836. The molecule has 0 aliphatic heterocycles. The van der Waals surface area contributed by atoms with Crippen molar-refractivity contribution in [3.63, 3.8) is 0 Å². The van der Waals surface area contributed by atoms with E-state index in [1.165, 1.54) is 0 Å². The number of carbonyl (C=O) groups excluding carboxylic acids is 1. The molecule has 2 aromatic heterocycles. The first-order chi connectivity index (χ1) is 9.22. The van der Waals surface area contributed by atoms with E-state index < -0.39 is 0 Å². The van der Waals surface area contributed by atoms with E-state index in [4.69, 9.17) is 4.74 Å². The van der Waals surface area contributed by atoms with Crippen LogP contribution in [0.25, 0.3) is 0 Å². The summed E-state index contributed by atoms with van der Waals surface area (Å²) in [4.78, 5) is 16.1. The molecule has 0 fully saturated rings. The van der Waals surface area contributed by atoms with Crippen LogP contribution >= 0.6 is 0 Å². The molecule has 100 valence electrons. The van der Waals surface area contributed by atoms with E-state index in [1.807, 2.05) is 37.5 Å². The summed E-state index contributed by atoms with van der Waals surface area (Å²) in [5.41, 5.74) is 2.20. The lowest BCUT2D eigenvalue weighted by atomic mass is 10.3. The second-order valence-corrected chi connectivity index (χ2v) is 4.08. The van der Waals surface area contributed by atoms with Gasteiger partial charge in [0.25, 0.3) is 0 Å². The van der Waals surface area contributed by atoms with Crippen LogP contribution in [0.1, 0.15) is 23.1 Å². The molecule has 0 aromatic carbocycles. The predicted molar refractivity (Wildman–Crippen MR) is 72.9 cm³/mol. The number of rotatable bonds is 5. The number of pyridine rings is 1. The summed E-state index contributed by atoms with van der Waals surface area (Å²) < 4.78 is 6.79. The SMILES string of the molecule is CCOC(=O)c1c(NCc2ccccn2)ccn1C. The van der Waals surface area contributed by atoms with Gasteiger partial charge in [0, 0.05) is 19.4 Å². The zero-order chi connectivity index (χ0) is 13.7. The molecule has 0 amide bonds. The highest BCUT2D eigenvalue weighted by molar-refractivity contribution is 5.94. The second kappa shape index (κ2) is 6.04. The zero-order valence-electron chi connectivity index (χ0n) is 11.1. The Morgan fingerprint density at radius 3 is 2.95 bits per heavy atom. The van der Waals surface area contributed by atoms with Crippen LogP contribution in [0.15, 0.2) is 36.7 Å². The fraction of sp³-hybridized carbons (Fsp3) is 0.286. The summed E-state index contributed by atoms with van der Waals surface area (Å²) in [6.07, 6.45) is 3.57. The molecule has 0 saturated carbocycles. The third kappa shape index (κ3) is 3.13. The molecule has 2 heterocycles. The number of aromatic nitrogens is 2. The lowest BCUT2D eigenvalue weighted by Crippen LogP contribution is -2.13. The number of ether oxygens (including phenoxy) is 1. The Labute approximate surface area is 112 Å². The van der Waals surface area contributed by atoms with Gasteiger partial charge in [-0.2, -0.15) is 0 Å². The molecule has 0 unspecified atom stereocenters. The molecule has 5 nitrogen and oxygen atoms in total. The van der Waals surface area contributed by atoms with Crippen LogP contribution in [-0.4, -0.2) is 22.1 Å². The molecule has 2 rings (SSSR count). The van der Waals surface area contributed by atoms with Gasteiger partial charge in [0.15, 0.2) is 5.69 Å².